The topological polar surface area (TPSA) is 71.8 Å². The van der Waals surface area contributed by atoms with Crippen LogP contribution in [0.5, 0.6) is 5.75 Å². The molecule has 128 valence electrons. The number of hydrogen-bond acceptors (Lipinski definition) is 5. The molecule has 1 aromatic carbocycles. The van der Waals surface area contributed by atoms with Gasteiger partial charge in [-0.2, -0.15) is 9.61 Å². The van der Waals surface area contributed by atoms with Gasteiger partial charge in [-0.1, -0.05) is 12.1 Å². The Labute approximate surface area is 145 Å². The van der Waals surface area contributed by atoms with Crippen molar-refractivity contribution in [1.82, 2.24) is 19.9 Å². The third-order valence-electron chi connectivity index (χ3n) is 4.47. The van der Waals surface area contributed by atoms with Gasteiger partial charge in [0.05, 0.1) is 18.9 Å². The lowest BCUT2D eigenvalue weighted by molar-refractivity contribution is 0.0937. The Morgan fingerprint density at radius 3 is 3.00 bits per heavy atom. The maximum atomic E-state index is 12.6. The van der Waals surface area contributed by atoms with Crippen LogP contribution in [0.4, 0.5) is 5.82 Å². The molecule has 1 atom stereocenters. The molecule has 1 aliphatic heterocycles. The summed E-state index contributed by atoms with van der Waals surface area (Å²) in [5, 5.41) is 7.43. The van der Waals surface area contributed by atoms with E-state index in [0.29, 0.717) is 11.3 Å². The van der Waals surface area contributed by atoms with E-state index in [-0.39, 0.29) is 11.9 Å². The van der Waals surface area contributed by atoms with Gasteiger partial charge in [-0.05, 0) is 24.6 Å². The predicted octanol–water partition coefficient (Wildman–Crippen LogP) is 1.75. The highest BCUT2D eigenvalue weighted by Gasteiger charge is 2.26. The number of nitrogens with zero attached hydrogens (tertiary/aromatic N) is 4. The number of amides is 1. The smallest absolute Gasteiger partial charge is 0.255 e. The SMILES string of the molecule is COc1ccccc1C(=O)NC1CCN(c2ccnc3ccnn23)C1. The minimum Gasteiger partial charge on any atom is -0.496 e. The Morgan fingerprint density at radius 1 is 1.24 bits per heavy atom. The molecule has 1 fully saturated rings. The van der Waals surface area contributed by atoms with Crippen LogP contribution in [0, 0.1) is 0 Å². The van der Waals surface area contributed by atoms with Crippen molar-refractivity contribution in [2.45, 2.75) is 12.5 Å². The van der Waals surface area contributed by atoms with E-state index < -0.39 is 0 Å². The van der Waals surface area contributed by atoms with Crippen LogP contribution in [0.25, 0.3) is 5.65 Å². The third kappa shape index (κ3) is 2.88. The Morgan fingerprint density at radius 2 is 2.12 bits per heavy atom. The van der Waals surface area contributed by atoms with Crippen molar-refractivity contribution >= 4 is 17.4 Å². The van der Waals surface area contributed by atoms with Gasteiger partial charge in [-0.25, -0.2) is 4.98 Å². The number of nitrogens with one attached hydrogen (secondary N) is 1. The average Bonchev–Trinajstić information content (AvgIpc) is 3.30. The van der Waals surface area contributed by atoms with Crippen molar-refractivity contribution in [3.05, 3.63) is 54.4 Å². The van der Waals surface area contributed by atoms with Crippen molar-refractivity contribution in [1.29, 1.82) is 0 Å². The molecule has 2 aromatic heterocycles. The van der Waals surface area contributed by atoms with Crippen molar-refractivity contribution in [2.75, 3.05) is 25.1 Å². The second kappa shape index (κ2) is 6.43. The number of carbonyl (C=O) groups is 1. The molecule has 1 aliphatic rings. The highest BCUT2D eigenvalue weighted by Crippen LogP contribution is 2.22. The Kier molecular flexibility index (Phi) is 3.97. The van der Waals surface area contributed by atoms with Crippen molar-refractivity contribution in [3.63, 3.8) is 0 Å². The van der Waals surface area contributed by atoms with Gasteiger partial charge < -0.3 is 15.0 Å². The van der Waals surface area contributed by atoms with Gasteiger partial charge in [-0.15, -0.1) is 0 Å². The molecule has 7 nitrogen and oxygen atoms in total. The summed E-state index contributed by atoms with van der Waals surface area (Å²) in [4.78, 5) is 19.1. The van der Waals surface area contributed by atoms with Crippen LogP contribution in [0.3, 0.4) is 0 Å². The molecule has 3 heterocycles. The molecule has 25 heavy (non-hydrogen) atoms. The Hall–Kier alpha value is -3.09. The average molecular weight is 337 g/mol. The third-order valence-corrected chi connectivity index (χ3v) is 4.47. The molecular weight excluding hydrogens is 318 g/mol. The Balaban J connectivity index is 1.48. The van der Waals surface area contributed by atoms with Crippen LogP contribution < -0.4 is 15.0 Å². The predicted molar refractivity (Wildman–Crippen MR) is 94.1 cm³/mol. The lowest BCUT2D eigenvalue weighted by Crippen LogP contribution is -2.37. The Bertz CT molecular complexity index is 907. The second-order valence-corrected chi connectivity index (χ2v) is 6.01. The fourth-order valence-electron chi connectivity index (χ4n) is 3.24. The number of carbonyl (C=O) groups excluding carboxylic acids is 1. The minimum atomic E-state index is -0.108. The fourth-order valence-corrected chi connectivity index (χ4v) is 3.24. The van der Waals surface area contributed by atoms with Gasteiger partial charge >= 0.3 is 0 Å². The first-order chi connectivity index (χ1) is 12.3. The van der Waals surface area contributed by atoms with E-state index in [1.54, 1.807) is 31.6 Å². The summed E-state index contributed by atoms with van der Waals surface area (Å²) in [7, 11) is 1.57. The molecule has 0 bridgehead atoms. The first-order valence-corrected chi connectivity index (χ1v) is 8.24. The molecule has 7 heteroatoms. The lowest BCUT2D eigenvalue weighted by Gasteiger charge is -2.19. The molecule has 1 unspecified atom stereocenters. The summed E-state index contributed by atoms with van der Waals surface area (Å²) in [5.41, 5.74) is 1.38. The van der Waals surface area contributed by atoms with Crippen LogP contribution in [0.15, 0.2) is 48.8 Å². The first-order valence-electron chi connectivity index (χ1n) is 8.24. The molecule has 3 aromatic rings. The second-order valence-electron chi connectivity index (χ2n) is 6.01. The molecule has 1 saturated heterocycles. The summed E-state index contributed by atoms with van der Waals surface area (Å²) in [5.74, 6) is 1.47. The number of methoxy groups -OCH3 is 1. The zero-order valence-corrected chi connectivity index (χ0v) is 13.9. The number of hydrogen-bond donors (Lipinski definition) is 1. The first kappa shape index (κ1) is 15.4. The molecule has 0 saturated carbocycles. The van der Waals surface area contributed by atoms with E-state index in [4.69, 9.17) is 4.74 Å². The van der Waals surface area contributed by atoms with Gasteiger partial charge in [0.25, 0.3) is 5.91 Å². The number of rotatable bonds is 4. The van der Waals surface area contributed by atoms with Crippen molar-refractivity contribution in [3.8, 4) is 5.75 Å². The summed E-state index contributed by atoms with van der Waals surface area (Å²) in [6.07, 6.45) is 4.40. The summed E-state index contributed by atoms with van der Waals surface area (Å²) >= 11 is 0. The molecule has 1 N–H and O–H groups in total. The number of ether oxygens (including phenoxy) is 1. The van der Waals surface area contributed by atoms with Gasteiger partial charge in [0.15, 0.2) is 5.65 Å². The maximum Gasteiger partial charge on any atom is 0.255 e. The van der Waals surface area contributed by atoms with Gasteiger partial charge in [0, 0.05) is 31.4 Å². The van der Waals surface area contributed by atoms with E-state index in [9.17, 15) is 4.79 Å². The quantitative estimate of drug-likeness (QED) is 0.785. The van der Waals surface area contributed by atoms with Crippen molar-refractivity contribution in [2.24, 2.45) is 0 Å². The standard InChI is InChI=1S/C18H19N5O2/c1-25-15-5-3-2-4-14(15)18(24)21-13-8-11-22(12-13)17-7-9-19-16-6-10-20-23(16)17/h2-7,9-10,13H,8,11-12H2,1H3,(H,21,24). The van der Waals surface area contributed by atoms with Crippen LogP contribution in [0.1, 0.15) is 16.8 Å². The van der Waals surface area contributed by atoms with Crippen LogP contribution in [0.2, 0.25) is 0 Å². The van der Waals surface area contributed by atoms with Crippen LogP contribution >= 0.6 is 0 Å². The molecule has 0 radical (unpaired) electrons. The zero-order chi connectivity index (χ0) is 17.2. The van der Waals surface area contributed by atoms with E-state index in [2.05, 4.69) is 20.3 Å². The maximum absolute atomic E-state index is 12.6. The highest BCUT2D eigenvalue weighted by atomic mass is 16.5. The lowest BCUT2D eigenvalue weighted by atomic mass is 10.1. The van der Waals surface area contributed by atoms with Crippen LogP contribution in [-0.2, 0) is 0 Å². The number of anilines is 1. The summed E-state index contributed by atoms with van der Waals surface area (Å²) in [6.45, 7) is 1.59. The molecule has 0 aliphatic carbocycles. The van der Waals surface area contributed by atoms with Crippen LogP contribution in [-0.4, -0.2) is 46.7 Å². The summed E-state index contributed by atoms with van der Waals surface area (Å²) in [6, 6.07) is 11.2. The van der Waals surface area contributed by atoms with E-state index in [0.717, 1.165) is 31.0 Å². The van der Waals surface area contributed by atoms with E-state index in [1.807, 2.05) is 28.8 Å². The molecular formula is C18H19N5O2. The van der Waals surface area contributed by atoms with Gasteiger partial charge in [-0.3, -0.25) is 4.79 Å². The number of para-hydroxylation sites is 1. The number of benzene rings is 1. The highest BCUT2D eigenvalue weighted by molar-refractivity contribution is 5.97. The monoisotopic (exact) mass is 337 g/mol. The zero-order valence-electron chi connectivity index (χ0n) is 13.9. The fraction of sp³-hybridized carbons (Fsp3) is 0.278. The molecule has 1 amide bonds. The minimum absolute atomic E-state index is 0.0798. The molecule has 0 spiro atoms. The largest absolute Gasteiger partial charge is 0.496 e. The van der Waals surface area contributed by atoms with E-state index >= 15 is 0 Å². The van der Waals surface area contributed by atoms with E-state index in [1.165, 1.54) is 0 Å². The van der Waals surface area contributed by atoms with Crippen molar-refractivity contribution < 1.29 is 9.53 Å². The van der Waals surface area contributed by atoms with Gasteiger partial charge in [0.2, 0.25) is 0 Å². The molecule has 4 rings (SSSR count). The number of fused-ring (bicyclic) bond motifs is 1. The van der Waals surface area contributed by atoms with Gasteiger partial charge in [0.1, 0.15) is 11.6 Å². The normalized spacial score (nSPS) is 17.0. The number of aromatic nitrogens is 3. The summed E-state index contributed by atoms with van der Waals surface area (Å²) < 4.78 is 7.09.